The topological polar surface area (TPSA) is 42.0 Å². The van der Waals surface area contributed by atoms with E-state index in [2.05, 4.69) is 23.3 Å². The van der Waals surface area contributed by atoms with Crippen LogP contribution in [0.5, 0.6) is 0 Å². The molecule has 0 spiro atoms. The van der Waals surface area contributed by atoms with Gasteiger partial charge in [-0.3, -0.25) is 4.79 Å². The quantitative estimate of drug-likeness (QED) is 0.472. The standard InChI is InChI=1S/C19H20N2OS2/c1-2-3-12-20-18(22)15-10-8-14(9-11-15)13-23-19-21-16-6-4-5-7-17(16)24-19/h4-11H,2-3,12-13H2,1H3,(H,20,22). The number of hydrogen-bond acceptors (Lipinski definition) is 4. The molecule has 0 unspecified atom stereocenters. The van der Waals surface area contributed by atoms with E-state index >= 15 is 0 Å². The molecule has 3 aromatic rings. The Kier molecular flexibility index (Phi) is 5.88. The molecule has 24 heavy (non-hydrogen) atoms. The van der Waals surface area contributed by atoms with E-state index in [1.165, 1.54) is 10.3 Å². The number of amides is 1. The van der Waals surface area contributed by atoms with Crippen molar-refractivity contribution in [3.8, 4) is 0 Å². The minimum absolute atomic E-state index is 0.00817. The Bertz CT molecular complexity index is 779. The summed E-state index contributed by atoms with van der Waals surface area (Å²) < 4.78 is 2.30. The molecule has 0 saturated heterocycles. The van der Waals surface area contributed by atoms with E-state index in [0.717, 1.165) is 40.6 Å². The summed E-state index contributed by atoms with van der Waals surface area (Å²) in [5.74, 6) is 0.867. The van der Waals surface area contributed by atoms with Gasteiger partial charge < -0.3 is 5.32 Å². The van der Waals surface area contributed by atoms with Gasteiger partial charge >= 0.3 is 0 Å². The van der Waals surface area contributed by atoms with Gasteiger partial charge in [0.1, 0.15) is 0 Å². The Balaban J connectivity index is 1.56. The molecule has 5 heteroatoms. The van der Waals surface area contributed by atoms with E-state index < -0.39 is 0 Å². The van der Waals surface area contributed by atoms with Gasteiger partial charge in [0, 0.05) is 17.9 Å². The van der Waals surface area contributed by atoms with Gasteiger partial charge in [-0.15, -0.1) is 11.3 Å². The van der Waals surface area contributed by atoms with E-state index in [1.54, 1.807) is 23.1 Å². The van der Waals surface area contributed by atoms with Crippen LogP contribution in [0, 0.1) is 0 Å². The van der Waals surface area contributed by atoms with Crippen molar-refractivity contribution in [1.82, 2.24) is 10.3 Å². The summed E-state index contributed by atoms with van der Waals surface area (Å²) in [7, 11) is 0. The molecule has 0 aliphatic rings. The van der Waals surface area contributed by atoms with Crippen molar-refractivity contribution in [3.63, 3.8) is 0 Å². The monoisotopic (exact) mass is 356 g/mol. The molecule has 3 rings (SSSR count). The smallest absolute Gasteiger partial charge is 0.251 e. The summed E-state index contributed by atoms with van der Waals surface area (Å²) in [4.78, 5) is 16.6. The maximum atomic E-state index is 12.0. The van der Waals surface area contributed by atoms with Gasteiger partial charge in [-0.05, 0) is 36.2 Å². The highest BCUT2D eigenvalue weighted by Crippen LogP contribution is 2.31. The largest absolute Gasteiger partial charge is 0.352 e. The first-order chi connectivity index (χ1) is 11.8. The normalized spacial score (nSPS) is 10.9. The van der Waals surface area contributed by atoms with Crippen molar-refractivity contribution in [2.75, 3.05) is 6.54 Å². The molecule has 0 atom stereocenters. The minimum atomic E-state index is 0.00817. The number of unbranched alkanes of at least 4 members (excludes halogenated alkanes) is 1. The summed E-state index contributed by atoms with van der Waals surface area (Å²) in [5.41, 5.74) is 2.98. The molecule has 124 valence electrons. The first-order valence-electron chi connectivity index (χ1n) is 8.12. The number of para-hydroxylation sites is 1. The van der Waals surface area contributed by atoms with Crippen LogP contribution in [0.15, 0.2) is 52.9 Å². The van der Waals surface area contributed by atoms with Gasteiger partial charge in [0.25, 0.3) is 5.91 Å². The fourth-order valence-electron chi connectivity index (χ4n) is 2.29. The molecule has 0 radical (unpaired) electrons. The molecule has 0 fully saturated rings. The Morgan fingerprint density at radius 3 is 2.71 bits per heavy atom. The van der Waals surface area contributed by atoms with Crippen LogP contribution >= 0.6 is 23.1 Å². The minimum Gasteiger partial charge on any atom is -0.352 e. The highest BCUT2D eigenvalue weighted by atomic mass is 32.2. The number of thioether (sulfide) groups is 1. The molecule has 0 aliphatic heterocycles. The number of benzene rings is 2. The first-order valence-corrected chi connectivity index (χ1v) is 9.92. The van der Waals surface area contributed by atoms with Crippen LogP contribution in [0.3, 0.4) is 0 Å². The summed E-state index contributed by atoms with van der Waals surface area (Å²) in [6, 6.07) is 16.0. The second kappa shape index (κ2) is 8.31. The molecule has 3 nitrogen and oxygen atoms in total. The predicted octanol–water partition coefficient (Wildman–Crippen LogP) is 5.12. The van der Waals surface area contributed by atoms with Gasteiger partial charge in [0.05, 0.1) is 10.2 Å². The van der Waals surface area contributed by atoms with Crippen LogP contribution in [0.2, 0.25) is 0 Å². The van der Waals surface area contributed by atoms with Crippen LogP contribution in [0.1, 0.15) is 35.7 Å². The average molecular weight is 357 g/mol. The van der Waals surface area contributed by atoms with E-state index in [0.29, 0.717) is 0 Å². The molecule has 1 N–H and O–H groups in total. The summed E-state index contributed by atoms with van der Waals surface area (Å²) in [6.45, 7) is 2.86. The van der Waals surface area contributed by atoms with Gasteiger partial charge in [0.2, 0.25) is 0 Å². The van der Waals surface area contributed by atoms with Crippen molar-refractivity contribution < 1.29 is 4.79 Å². The lowest BCUT2D eigenvalue weighted by atomic mass is 10.1. The third-order valence-corrected chi connectivity index (χ3v) is 5.92. The lowest BCUT2D eigenvalue weighted by Gasteiger charge is -2.05. The number of nitrogens with zero attached hydrogens (tertiary/aromatic N) is 1. The number of thiazole rings is 1. The number of carbonyl (C=O) groups is 1. The zero-order valence-electron chi connectivity index (χ0n) is 13.6. The summed E-state index contributed by atoms with van der Waals surface area (Å²) in [6.07, 6.45) is 2.10. The fraction of sp³-hybridized carbons (Fsp3) is 0.263. The lowest BCUT2D eigenvalue weighted by Crippen LogP contribution is -2.24. The maximum absolute atomic E-state index is 12.0. The van der Waals surface area contributed by atoms with Crippen LogP contribution in [-0.2, 0) is 5.75 Å². The molecule has 0 bridgehead atoms. The highest BCUT2D eigenvalue weighted by Gasteiger charge is 2.06. The molecule has 0 aliphatic carbocycles. The van der Waals surface area contributed by atoms with Crippen LogP contribution in [0.25, 0.3) is 10.2 Å². The maximum Gasteiger partial charge on any atom is 0.251 e. The Morgan fingerprint density at radius 2 is 1.96 bits per heavy atom. The van der Waals surface area contributed by atoms with Crippen molar-refractivity contribution in [2.45, 2.75) is 29.9 Å². The highest BCUT2D eigenvalue weighted by molar-refractivity contribution is 8.00. The number of nitrogens with one attached hydrogen (secondary N) is 1. The molecule has 1 heterocycles. The van der Waals surface area contributed by atoms with Crippen molar-refractivity contribution in [2.24, 2.45) is 0 Å². The van der Waals surface area contributed by atoms with E-state index in [1.807, 2.05) is 42.5 Å². The molecule has 1 amide bonds. The Labute approximate surface area is 150 Å². The Hall–Kier alpha value is -1.85. The van der Waals surface area contributed by atoms with Gasteiger partial charge in [-0.2, -0.15) is 0 Å². The SMILES string of the molecule is CCCCNC(=O)c1ccc(CSc2nc3ccccc3s2)cc1. The van der Waals surface area contributed by atoms with Crippen molar-refractivity contribution in [1.29, 1.82) is 0 Å². The second-order valence-corrected chi connectivity index (χ2v) is 7.80. The van der Waals surface area contributed by atoms with Gasteiger partial charge in [-0.1, -0.05) is 49.4 Å². The first kappa shape index (κ1) is 17.0. The molecular weight excluding hydrogens is 336 g/mol. The van der Waals surface area contributed by atoms with Crippen molar-refractivity contribution >= 4 is 39.2 Å². The van der Waals surface area contributed by atoms with E-state index in [-0.39, 0.29) is 5.91 Å². The zero-order chi connectivity index (χ0) is 16.8. The number of rotatable bonds is 7. The van der Waals surface area contributed by atoms with Gasteiger partial charge in [0.15, 0.2) is 4.34 Å². The summed E-state index contributed by atoms with van der Waals surface area (Å²) >= 11 is 3.46. The number of aromatic nitrogens is 1. The molecular formula is C19H20N2OS2. The predicted molar refractivity (Wildman–Crippen MR) is 103 cm³/mol. The number of hydrogen-bond donors (Lipinski definition) is 1. The zero-order valence-corrected chi connectivity index (χ0v) is 15.3. The fourth-order valence-corrected chi connectivity index (χ4v) is 4.32. The molecule has 2 aromatic carbocycles. The van der Waals surface area contributed by atoms with Crippen LogP contribution in [0.4, 0.5) is 0 Å². The number of fused-ring (bicyclic) bond motifs is 1. The van der Waals surface area contributed by atoms with Crippen LogP contribution in [-0.4, -0.2) is 17.4 Å². The van der Waals surface area contributed by atoms with Crippen molar-refractivity contribution in [3.05, 3.63) is 59.7 Å². The average Bonchev–Trinajstić information content (AvgIpc) is 3.03. The lowest BCUT2D eigenvalue weighted by molar-refractivity contribution is 0.0953. The Morgan fingerprint density at radius 1 is 1.17 bits per heavy atom. The van der Waals surface area contributed by atoms with Crippen LogP contribution < -0.4 is 5.32 Å². The van der Waals surface area contributed by atoms with E-state index in [9.17, 15) is 4.79 Å². The third kappa shape index (κ3) is 4.36. The molecule has 1 aromatic heterocycles. The van der Waals surface area contributed by atoms with E-state index in [4.69, 9.17) is 0 Å². The summed E-state index contributed by atoms with van der Waals surface area (Å²) in [5, 5.41) is 2.94. The van der Waals surface area contributed by atoms with Gasteiger partial charge in [-0.25, -0.2) is 4.98 Å². The third-order valence-electron chi connectivity index (χ3n) is 3.67. The molecule has 0 saturated carbocycles. The number of carbonyl (C=O) groups excluding carboxylic acids is 1. The second-order valence-electron chi connectivity index (χ2n) is 5.54.